The Bertz CT molecular complexity index is 537. The zero-order valence-corrected chi connectivity index (χ0v) is 11.0. The Morgan fingerprint density at radius 3 is 2.57 bits per heavy atom. The minimum absolute atomic E-state index is 0.00509. The number of hydrogen-bond acceptors (Lipinski definition) is 3. The van der Waals surface area contributed by atoms with E-state index in [1.165, 1.54) is 4.90 Å². The average molecular weight is 305 g/mol. The van der Waals surface area contributed by atoms with Crippen LogP contribution in [0.25, 0.3) is 0 Å². The van der Waals surface area contributed by atoms with Crippen molar-refractivity contribution in [1.29, 1.82) is 0 Å². The number of rotatable bonds is 6. The van der Waals surface area contributed by atoms with E-state index in [0.29, 0.717) is 0 Å². The molecule has 0 aromatic carbocycles. The molecular formula is C12H14F3N3O3. The molecule has 1 amide bonds. The third kappa shape index (κ3) is 4.20. The first-order chi connectivity index (χ1) is 9.77. The average Bonchev–Trinajstić information content (AvgIpc) is 3.06. The molecule has 1 heterocycles. The van der Waals surface area contributed by atoms with Crippen molar-refractivity contribution in [3.8, 4) is 0 Å². The smallest absolute Gasteiger partial charge is 0.435 e. The van der Waals surface area contributed by atoms with Crippen LogP contribution in [0.2, 0.25) is 0 Å². The lowest BCUT2D eigenvalue weighted by Gasteiger charge is -2.21. The van der Waals surface area contributed by atoms with Crippen LogP contribution < -0.4 is 0 Å². The maximum Gasteiger partial charge on any atom is 0.435 e. The van der Waals surface area contributed by atoms with E-state index in [2.05, 4.69) is 5.10 Å². The Kier molecular flexibility index (Phi) is 4.19. The summed E-state index contributed by atoms with van der Waals surface area (Å²) in [6.07, 6.45) is -2.07. The van der Waals surface area contributed by atoms with Crippen LogP contribution in [-0.2, 0) is 22.3 Å². The van der Waals surface area contributed by atoms with Crippen molar-refractivity contribution in [3.05, 3.63) is 18.0 Å². The van der Waals surface area contributed by atoms with E-state index >= 15 is 0 Å². The highest BCUT2D eigenvalue weighted by Crippen LogP contribution is 2.28. The zero-order valence-electron chi connectivity index (χ0n) is 11.0. The summed E-state index contributed by atoms with van der Waals surface area (Å²) in [5.74, 6) is -1.44. The molecule has 0 atom stereocenters. The van der Waals surface area contributed by atoms with E-state index in [-0.39, 0.29) is 25.6 Å². The molecule has 0 bridgehead atoms. The van der Waals surface area contributed by atoms with Crippen molar-refractivity contribution in [1.82, 2.24) is 14.7 Å². The molecule has 6 nitrogen and oxygen atoms in total. The van der Waals surface area contributed by atoms with Crippen LogP contribution in [0.3, 0.4) is 0 Å². The number of nitrogens with zero attached hydrogens (tertiary/aromatic N) is 3. The fraction of sp³-hybridized carbons (Fsp3) is 0.583. The minimum atomic E-state index is -4.55. The number of halogens is 3. The van der Waals surface area contributed by atoms with Crippen molar-refractivity contribution < 1.29 is 27.9 Å². The van der Waals surface area contributed by atoms with Gasteiger partial charge in [-0.3, -0.25) is 14.3 Å². The lowest BCUT2D eigenvalue weighted by molar-refractivity contribution is -0.143. The van der Waals surface area contributed by atoms with Crippen molar-refractivity contribution in [2.75, 3.05) is 6.54 Å². The minimum Gasteiger partial charge on any atom is -0.481 e. The number of aromatic nitrogens is 2. The second kappa shape index (κ2) is 5.74. The van der Waals surface area contributed by atoms with Gasteiger partial charge in [0.15, 0.2) is 5.69 Å². The molecule has 1 saturated carbocycles. The summed E-state index contributed by atoms with van der Waals surface area (Å²) in [6, 6.07) is 0.793. The Hall–Kier alpha value is -2.06. The van der Waals surface area contributed by atoms with Gasteiger partial charge in [0.25, 0.3) is 0 Å². The SMILES string of the molecule is O=C(O)CCN(C(=O)Cn1ccc(C(F)(F)F)n1)C1CC1. The fourth-order valence-corrected chi connectivity index (χ4v) is 1.94. The number of carboxylic acid groups (broad SMARTS) is 1. The summed E-state index contributed by atoms with van der Waals surface area (Å²) < 4.78 is 38.1. The lowest BCUT2D eigenvalue weighted by Crippen LogP contribution is -2.37. The molecule has 21 heavy (non-hydrogen) atoms. The monoisotopic (exact) mass is 305 g/mol. The van der Waals surface area contributed by atoms with Gasteiger partial charge in [0.2, 0.25) is 5.91 Å². The molecule has 1 aromatic rings. The highest BCUT2D eigenvalue weighted by molar-refractivity contribution is 5.77. The second-order valence-electron chi connectivity index (χ2n) is 4.86. The molecule has 0 spiro atoms. The standard InChI is InChI=1S/C12H14F3N3O3/c13-12(14,15)9-3-5-17(16-9)7-10(19)18(8-1-2-8)6-4-11(20)21/h3,5,8H,1-2,4,6-7H2,(H,20,21). The first kappa shape index (κ1) is 15.3. The van der Waals surface area contributed by atoms with E-state index < -0.39 is 23.7 Å². The quantitative estimate of drug-likeness (QED) is 0.861. The van der Waals surface area contributed by atoms with E-state index in [9.17, 15) is 22.8 Å². The van der Waals surface area contributed by atoms with Gasteiger partial charge in [-0.25, -0.2) is 0 Å². The van der Waals surface area contributed by atoms with Crippen molar-refractivity contribution in [3.63, 3.8) is 0 Å². The normalized spacial score (nSPS) is 15.0. The second-order valence-corrected chi connectivity index (χ2v) is 4.86. The molecule has 0 saturated heterocycles. The summed E-state index contributed by atoms with van der Waals surface area (Å²) in [6.45, 7) is -0.265. The number of carbonyl (C=O) groups is 2. The summed E-state index contributed by atoms with van der Waals surface area (Å²) in [5, 5.41) is 12.0. The van der Waals surface area contributed by atoms with Crippen LogP contribution in [0, 0.1) is 0 Å². The number of alkyl halides is 3. The van der Waals surface area contributed by atoms with Gasteiger partial charge in [-0.2, -0.15) is 18.3 Å². The topological polar surface area (TPSA) is 75.4 Å². The summed E-state index contributed by atoms with van der Waals surface area (Å²) in [7, 11) is 0. The van der Waals surface area contributed by atoms with Gasteiger partial charge >= 0.3 is 12.1 Å². The summed E-state index contributed by atoms with van der Waals surface area (Å²) in [4.78, 5) is 24.0. The molecule has 2 rings (SSSR count). The maximum atomic E-state index is 12.4. The fourth-order valence-electron chi connectivity index (χ4n) is 1.94. The van der Waals surface area contributed by atoms with Crippen LogP contribution in [0.15, 0.2) is 12.3 Å². The number of hydrogen-bond donors (Lipinski definition) is 1. The first-order valence-corrected chi connectivity index (χ1v) is 6.39. The van der Waals surface area contributed by atoms with Gasteiger partial charge in [0, 0.05) is 18.8 Å². The van der Waals surface area contributed by atoms with Gasteiger partial charge in [-0.1, -0.05) is 0 Å². The third-order valence-corrected chi connectivity index (χ3v) is 3.10. The number of amides is 1. The van der Waals surface area contributed by atoms with E-state index in [0.717, 1.165) is 29.8 Å². The Labute approximate surface area is 118 Å². The Balaban J connectivity index is 1.98. The summed E-state index contributed by atoms with van der Waals surface area (Å²) in [5.41, 5.74) is -1.06. The predicted molar refractivity (Wildman–Crippen MR) is 64.2 cm³/mol. The predicted octanol–water partition coefficient (Wildman–Crippen LogP) is 1.37. The lowest BCUT2D eigenvalue weighted by atomic mass is 10.3. The number of aliphatic carboxylic acids is 1. The Morgan fingerprint density at radius 2 is 2.10 bits per heavy atom. The highest BCUT2D eigenvalue weighted by Gasteiger charge is 2.35. The first-order valence-electron chi connectivity index (χ1n) is 6.39. The molecule has 1 aromatic heterocycles. The van der Waals surface area contributed by atoms with Gasteiger partial charge in [0.1, 0.15) is 6.54 Å². The molecule has 0 aliphatic heterocycles. The van der Waals surface area contributed by atoms with Crippen molar-refractivity contribution in [2.45, 2.75) is 38.0 Å². The molecular weight excluding hydrogens is 291 g/mol. The van der Waals surface area contributed by atoms with Crippen LogP contribution in [0.4, 0.5) is 13.2 Å². The van der Waals surface area contributed by atoms with E-state index in [1.54, 1.807) is 0 Å². The van der Waals surface area contributed by atoms with Crippen molar-refractivity contribution >= 4 is 11.9 Å². The number of carboxylic acids is 1. The zero-order chi connectivity index (χ0) is 15.6. The van der Waals surface area contributed by atoms with Crippen LogP contribution in [0.5, 0.6) is 0 Å². The van der Waals surface area contributed by atoms with Crippen LogP contribution in [0.1, 0.15) is 25.0 Å². The summed E-state index contributed by atoms with van der Waals surface area (Å²) >= 11 is 0. The van der Waals surface area contributed by atoms with Gasteiger partial charge in [-0.05, 0) is 18.9 Å². The molecule has 0 unspecified atom stereocenters. The third-order valence-electron chi connectivity index (χ3n) is 3.10. The number of carbonyl (C=O) groups excluding carboxylic acids is 1. The molecule has 0 radical (unpaired) electrons. The molecule has 116 valence electrons. The molecule has 1 aliphatic carbocycles. The van der Waals surface area contributed by atoms with Gasteiger partial charge < -0.3 is 10.0 Å². The molecule has 1 N–H and O–H groups in total. The van der Waals surface area contributed by atoms with Crippen LogP contribution >= 0.6 is 0 Å². The Morgan fingerprint density at radius 1 is 1.43 bits per heavy atom. The van der Waals surface area contributed by atoms with Crippen molar-refractivity contribution in [2.24, 2.45) is 0 Å². The molecule has 1 aliphatic rings. The van der Waals surface area contributed by atoms with E-state index in [4.69, 9.17) is 5.11 Å². The van der Waals surface area contributed by atoms with E-state index in [1.807, 2.05) is 0 Å². The molecule has 1 fully saturated rings. The molecule has 9 heteroatoms. The maximum absolute atomic E-state index is 12.4. The van der Waals surface area contributed by atoms with Gasteiger partial charge in [0.05, 0.1) is 6.42 Å². The largest absolute Gasteiger partial charge is 0.481 e. The van der Waals surface area contributed by atoms with Gasteiger partial charge in [-0.15, -0.1) is 0 Å². The van der Waals surface area contributed by atoms with Crippen LogP contribution in [-0.4, -0.2) is 44.3 Å². The highest BCUT2D eigenvalue weighted by atomic mass is 19.4.